The first-order valence-electron chi connectivity index (χ1n) is 10.3. The maximum absolute atomic E-state index is 14.2. The standard InChI is InChI=1S/C22H23FN4O3S/c23-19-11-15(12-24)13-25-20(19)16-1-3-18(4-2-16)30-14-22-7-5-17(6-8-22)27-9-10-31(28,29)26-21(22)27/h1-4,11,13,17,28-29H,5-10,14H2. The lowest BCUT2D eigenvalue weighted by Crippen LogP contribution is -2.62. The van der Waals surface area contributed by atoms with Crippen LogP contribution < -0.4 is 4.74 Å². The van der Waals surface area contributed by atoms with Gasteiger partial charge in [0.2, 0.25) is 0 Å². The van der Waals surface area contributed by atoms with Crippen molar-refractivity contribution in [3.63, 3.8) is 0 Å². The van der Waals surface area contributed by atoms with E-state index in [2.05, 4.69) is 14.3 Å². The Kier molecular flexibility index (Phi) is 4.88. The number of aromatic nitrogens is 1. The van der Waals surface area contributed by atoms with E-state index in [0.29, 0.717) is 36.3 Å². The van der Waals surface area contributed by atoms with Gasteiger partial charge in [-0.2, -0.15) is 5.26 Å². The molecule has 2 saturated heterocycles. The Morgan fingerprint density at radius 2 is 2.00 bits per heavy atom. The molecule has 0 radical (unpaired) electrons. The molecule has 7 nitrogen and oxygen atoms in total. The smallest absolute Gasteiger partial charge is 0.150 e. The highest BCUT2D eigenvalue weighted by Gasteiger charge is 2.52. The average Bonchev–Trinajstić information content (AvgIpc) is 2.78. The lowest BCUT2D eigenvalue weighted by Gasteiger charge is -2.56. The van der Waals surface area contributed by atoms with Gasteiger partial charge in [-0.25, -0.2) is 4.39 Å². The van der Waals surface area contributed by atoms with Crippen molar-refractivity contribution in [3.05, 3.63) is 47.9 Å². The van der Waals surface area contributed by atoms with Crippen LogP contribution in [0.2, 0.25) is 0 Å². The molecule has 3 fully saturated rings. The number of nitriles is 1. The molecule has 3 aliphatic heterocycles. The second-order valence-corrected chi connectivity index (χ2v) is 10.3. The van der Waals surface area contributed by atoms with Gasteiger partial charge in [-0.05, 0) is 56.0 Å². The first-order valence-corrected chi connectivity index (χ1v) is 12.0. The first-order chi connectivity index (χ1) is 14.9. The predicted molar refractivity (Wildman–Crippen MR) is 116 cm³/mol. The molecule has 1 aliphatic carbocycles. The van der Waals surface area contributed by atoms with Crippen molar-refractivity contribution in [3.8, 4) is 23.1 Å². The summed E-state index contributed by atoms with van der Waals surface area (Å²) in [5, 5.41) is 8.86. The fourth-order valence-corrected chi connectivity index (χ4v) is 5.97. The van der Waals surface area contributed by atoms with Crippen molar-refractivity contribution in [2.75, 3.05) is 18.9 Å². The normalized spacial score (nSPS) is 27.1. The van der Waals surface area contributed by atoms with Crippen LogP contribution in [0.3, 0.4) is 0 Å². The van der Waals surface area contributed by atoms with Crippen molar-refractivity contribution in [1.29, 1.82) is 5.26 Å². The van der Waals surface area contributed by atoms with E-state index in [-0.39, 0.29) is 16.7 Å². The van der Waals surface area contributed by atoms with Crippen LogP contribution in [0.1, 0.15) is 31.2 Å². The van der Waals surface area contributed by atoms with Crippen LogP contribution >= 0.6 is 10.8 Å². The zero-order chi connectivity index (χ0) is 21.6. The summed E-state index contributed by atoms with van der Waals surface area (Å²) < 4.78 is 45.0. The quantitative estimate of drug-likeness (QED) is 0.725. The van der Waals surface area contributed by atoms with Crippen LogP contribution in [0, 0.1) is 22.6 Å². The summed E-state index contributed by atoms with van der Waals surface area (Å²) in [4.78, 5) is 6.30. The van der Waals surface area contributed by atoms with Gasteiger partial charge in [-0.3, -0.25) is 14.1 Å². The van der Waals surface area contributed by atoms with Crippen LogP contribution in [-0.2, 0) is 0 Å². The molecule has 0 atom stereocenters. The zero-order valence-electron chi connectivity index (χ0n) is 16.9. The van der Waals surface area contributed by atoms with Gasteiger partial charge in [-0.15, -0.1) is 4.40 Å². The maximum Gasteiger partial charge on any atom is 0.150 e. The summed E-state index contributed by atoms with van der Waals surface area (Å²) in [6.45, 7) is 1.04. The number of rotatable bonds is 4. The van der Waals surface area contributed by atoms with Gasteiger partial charge in [0.15, 0.2) is 5.82 Å². The minimum atomic E-state index is -2.91. The summed E-state index contributed by atoms with van der Waals surface area (Å²) in [6.07, 6.45) is 5.30. The number of piperidine rings is 2. The fourth-order valence-electron chi connectivity index (χ4n) is 4.86. The highest BCUT2D eigenvalue weighted by Crippen LogP contribution is 2.53. The number of halogens is 1. The van der Waals surface area contributed by atoms with Gasteiger partial charge in [0.05, 0.1) is 16.7 Å². The molecule has 0 unspecified atom stereocenters. The molecule has 2 bridgehead atoms. The number of amidine groups is 1. The van der Waals surface area contributed by atoms with Crippen LogP contribution in [-0.4, -0.2) is 49.8 Å². The second-order valence-electron chi connectivity index (χ2n) is 8.44. The summed E-state index contributed by atoms with van der Waals surface area (Å²) in [5.41, 5.74) is 0.659. The minimum Gasteiger partial charge on any atom is -0.493 e. The van der Waals surface area contributed by atoms with Crippen LogP contribution in [0.5, 0.6) is 5.75 Å². The van der Waals surface area contributed by atoms with E-state index in [1.165, 1.54) is 12.3 Å². The van der Waals surface area contributed by atoms with E-state index in [9.17, 15) is 13.5 Å². The van der Waals surface area contributed by atoms with Crippen molar-refractivity contribution in [2.45, 2.75) is 31.7 Å². The topological polar surface area (TPSA) is 102 Å². The molecule has 1 saturated carbocycles. The molecule has 6 rings (SSSR count). The van der Waals surface area contributed by atoms with Gasteiger partial charge in [-0.1, -0.05) is 10.8 Å². The van der Waals surface area contributed by atoms with Crippen molar-refractivity contribution >= 4 is 16.6 Å². The van der Waals surface area contributed by atoms with E-state index in [0.717, 1.165) is 31.5 Å². The molecule has 2 N–H and O–H groups in total. The molecule has 1 aromatic heterocycles. The fraction of sp³-hybridized carbons (Fsp3) is 0.409. The van der Waals surface area contributed by atoms with Crippen LogP contribution in [0.4, 0.5) is 4.39 Å². The molecule has 162 valence electrons. The SMILES string of the molecule is N#Cc1cnc(-c2ccc(OCC34CCC(CC3)N3CCS(O)(O)N=C34)cc2)c(F)c1. The number of nitrogens with zero attached hydrogens (tertiary/aromatic N) is 4. The minimum absolute atomic E-state index is 0.180. The van der Waals surface area contributed by atoms with Gasteiger partial charge < -0.3 is 9.64 Å². The third kappa shape index (κ3) is 3.65. The van der Waals surface area contributed by atoms with Gasteiger partial charge in [0, 0.05) is 24.3 Å². The Labute approximate surface area is 181 Å². The third-order valence-corrected chi connectivity index (χ3v) is 7.75. The summed E-state index contributed by atoms with van der Waals surface area (Å²) in [6, 6.07) is 10.5. The Morgan fingerprint density at radius 3 is 2.68 bits per heavy atom. The molecule has 2 aromatic rings. The lowest BCUT2D eigenvalue weighted by atomic mass is 9.67. The summed E-state index contributed by atoms with van der Waals surface area (Å²) in [5.74, 6) is 1.20. The molecule has 4 aliphatic rings. The third-order valence-electron chi connectivity index (χ3n) is 6.55. The number of ether oxygens (including phenoxy) is 1. The van der Waals surface area contributed by atoms with E-state index >= 15 is 0 Å². The molecular weight excluding hydrogens is 419 g/mol. The predicted octanol–water partition coefficient (Wildman–Crippen LogP) is 4.46. The molecule has 4 heterocycles. The largest absolute Gasteiger partial charge is 0.493 e. The highest BCUT2D eigenvalue weighted by molar-refractivity contribution is 8.23. The Morgan fingerprint density at radius 1 is 1.26 bits per heavy atom. The Bertz CT molecular complexity index is 1080. The van der Waals surface area contributed by atoms with Crippen LogP contribution in [0.25, 0.3) is 11.3 Å². The molecule has 9 heteroatoms. The van der Waals surface area contributed by atoms with Crippen LogP contribution in [0.15, 0.2) is 40.9 Å². The number of fused-ring (bicyclic) bond motifs is 2. The van der Waals surface area contributed by atoms with E-state index in [1.54, 1.807) is 24.3 Å². The summed E-state index contributed by atoms with van der Waals surface area (Å²) >= 11 is 0. The number of hydrogen-bond acceptors (Lipinski definition) is 7. The maximum atomic E-state index is 14.2. The zero-order valence-corrected chi connectivity index (χ0v) is 17.7. The van der Waals surface area contributed by atoms with Crippen molar-refractivity contribution in [1.82, 2.24) is 9.88 Å². The Hall–Kier alpha value is -2.67. The number of pyridine rings is 1. The Balaban J connectivity index is 1.34. The molecule has 1 aromatic carbocycles. The highest BCUT2D eigenvalue weighted by atomic mass is 32.3. The lowest BCUT2D eigenvalue weighted by molar-refractivity contribution is 0.0651. The first kappa shape index (κ1) is 20.2. The average molecular weight is 443 g/mol. The van der Waals surface area contributed by atoms with E-state index < -0.39 is 16.6 Å². The monoisotopic (exact) mass is 442 g/mol. The number of benzene rings is 1. The molecule has 0 amide bonds. The van der Waals surface area contributed by atoms with Crippen molar-refractivity contribution < 1.29 is 18.2 Å². The van der Waals surface area contributed by atoms with Gasteiger partial charge in [0.1, 0.15) is 30.0 Å². The van der Waals surface area contributed by atoms with E-state index in [1.807, 2.05) is 6.07 Å². The number of hydrogen-bond donors (Lipinski definition) is 2. The molecular formula is C22H23FN4O3S. The second kappa shape index (κ2) is 7.48. The molecule has 0 spiro atoms. The van der Waals surface area contributed by atoms with E-state index in [4.69, 9.17) is 10.00 Å². The van der Waals surface area contributed by atoms with Gasteiger partial charge in [0.25, 0.3) is 0 Å². The molecule has 31 heavy (non-hydrogen) atoms. The van der Waals surface area contributed by atoms with Gasteiger partial charge >= 0.3 is 0 Å². The summed E-state index contributed by atoms with van der Waals surface area (Å²) in [7, 11) is -2.91. The van der Waals surface area contributed by atoms with Crippen molar-refractivity contribution in [2.24, 2.45) is 9.81 Å².